The van der Waals surface area contributed by atoms with Gasteiger partial charge in [-0.1, -0.05) is 37.1 Å². The first-order valence-electron chi connectivity index (χ1n) is 5.79. The summed E-state index contributed by atoms with van der Waals surface area (Å²) >= 11 is 11.8. The van der Waals surface area contributed by atoms with Crippen molar-refractivity contribution in [2.75, 3.05) is 19.0 Å². The molecule has 0 atom stereocenters. The average Bonchev–Trinajstić information content (AvgIpc) is 2.26. The van der Waals surface area contributed by atoms with Crippen molar-refractivity contribution in [3.63, 3.8) is 0 Å². The molecular formula is C13H19Cl2N. The van der Waals surface area contributed by atoms with Crippen LogP contribution in [0.5, 0.6) is 0 Å². The zero-order valence-corrected chi connectivity index (χ0v) is 11.3. The number of hydrogen-bond donors (Lipinski definition) is 0. The predicted octanol–water partition coefficient (Wildman–Crippen LogP) is 4.18. The van der Waals surface area contributed by atoms with Gasteiger partial charge in [0.1, 0.15) is 0 Å². The van der Waals surface area contributed by atoms with Crippen LogP contribution in [-0.2, 0) is 6.54 Å². The van der Waals surface area contributed by atoms with E-state index < -0.39 is 0 Å². The molecule has 0 unspecified atom stereocenters. The van der Waals surface area contributed by atoms with Gasteiger partial charge in [0.15, 0.2) is 0 Å². The third-order valence-electron chi connectivity index (χ3n) is 2.52. The van der Waals surface area contributed by atoms with Crippen LogP contribution in [0, 0.1) is 0 Å². The summed E-state index contributed by atoms with van der Waals surface area (Å²) in [5.41, 5.74) is 1.26. The van der Waals surface area contributed by atoms with Gasteiger partial charge in [0.2, 0.25) is 0 Å². The van der Waals surface area contributed by atoms with Crippen molar-refractivity contribution in [2.24, 2.45) is 0 Å². The van der Waals surface area contributed by atoms with Crippen molar-refractivity contribution in [3.05, 3.63) is 34.9 Å². The molecule has 0 aromatic heterocycles. The van der Waals surface area contributed by atoms with Crippen LogP contribution in [0.2, 0.25) is 5.02 Å². The third kappa shape index (κ3) is 5.20. The first-order chi connectivity index (χ1) is 7.76. The van der Waals surface area contributed by atoms with Crippen LogP contribution in [0.4, 0.5) is 0 Å². The largest absolute Gasteiger partial charge is 0.298 e. The van der Waals surface area contributed by atoms with E-state index in [1.807, 2.05) is 18.2 Å². The molecule has 1 aromatic carbocycles. The molecule has 0 heterocycles. The lowest BCUT2D eigenvalue weighted by Crippen LogP contribution is -2.26. The second kappa shape index (κ2) is 7.94. The van der Waals surface area contributed by atoms with Gasteiger partial charge < -0.3 is 0 Å². The molecule has 1 aromatic rings. The number of halogens is 2. The molecule has 0 aliphatic rings. The van der Waals surface area contributed by atoms with Crippen LogP contribution in [0.1, 0.15) is 25.3 Å². The SMILES string of the molecule is CCCCN(CCCl)Cc1cccc(Cl)c1. The van der Waals surface area contributed by atoms with Gasteiger partial charge in [0.05, 0.1) is 0 Å². The zero-order chi connectivity index (χ0) is 11.8. The first-order valence-corrected chi connectivity index (χ1v) is 6.70. The Bertz CT molecular complexity index is 302. The minimum Gasteiger partial charge on any atom is -0.298 e. The fourth-order valence-electron chi connectivity index (χ4n) is 1.66. The van der Waals surface area contributed by atoms with Crippen molar-refractivity contribution in [1.82, 2.24) is 4.90 Å². The molecule has 0 fully saturated rings. The lowest BCUT2D eigenvalue weighted by molar-refractivity contribution is 0.277. The van der Waals surface area contributed by atoms with E-state index in [1.165, 1.54) is 18.4 Å². The van der Waals surface area contributed by atoms with Gasteiger partial charge in [0.25, 0.3) is 0 Å². The molecule has 16 heavy (non-hydrogen) atoms. The van der Waals surface area contributed by atoms with E-state index in [2.05, 4.69) is 17.9 Å². The van der Waals surface area contributed by atoms with Crippen LogP contribution < -0.4 is 0 Å². The summed E-state index contributed by atoms with van der Waals surface area (Å²) in [7, 11) is 0. The van der Waals surface area contributed by atoms with Crippen molar-refractivity contribution in [3.8, 4) is 0 Å². The number of hydrogen-bond acceptors (Lipinski definition) is 1. The minimum atomic E-state index is 0.685. The normalized spacial score (nSPS) is 11.0. The Balaban J connectivity index is 2.52. The van der Waals surface area contributed by atoms with E-state index in [9.17, 15) is 0 Å². The van der Waals surface area contributed by atoms with E-state index >= 15 is 0 Å². The molecule has 0 spiro atoms. The standard InChI is InChI=1S/C13H19Cl2N/c1-2-3-8-16(9-7-14)11-12-5-4-6-13(15)10-12/h4-6,10H,2-3,7-9,11H2,1H3. The Labute approximate surface area is 108 Å². The highest BCUT2D eigenvalue weighted by molar-refractivity contribution is 6.30. The molecule has 0 saturated carbocycles. The first kappa shape index (κ1) is 13.8. The van der Waals surface area contributed by atoms with Gasteiger partial charge in [-0.15, -0.1) is 11.6 Å². The summed E-state index contributed by atoms with van der Waals surface area (Å²) in [5.74, 6) is 0.685. The molecule has 0 aliphatic carbocycles. The molecule has 1 rings (SSSR count). The van der Waals surface area contributed by atoms with Crippen molar-refractivity contribution < 1.29 is 0 Å². The Morgan fingerprint density at radius 2 is 2.06 bits per heavy atom. The number of alkyl halides is 1. The van der Waals surface area contributed by atoms with Crippen molar-refractivity contribution in [1.29, 1.82) is 0 Å². The highest BCUT2D eigenvalue weighted by atomic mass is 35.5. The molecule has 0 aliphatic heterocycles. The lowest BCUT2D eigenvalue weighted by atomic mass is 10.2. The molecule has 0 amide bonds. The minimum absolute atomic E-state index is 0.685. The van der Waals surface area contributed by atoms with Gasteiger partial charge >= 0.3 is 0 Å². The van der Waals surface area contributed by atoms with Gasteiger partial charge in [0, 0.05) is 24.0 Å². The summed E-state index contributed by atoms with van der Waals surface area (Å²) < 4.78 is 0. The Morgan fingerprint density at radius 1 is 1.25 bits per heavy atom. The van der Waals surface area contributed by atoms with Gasteiger partial charge in [-0.2, -0.15) is 0 Å². The summed E-state index contributed by atoms with van der Waals surface area (Å²) in [6, 6.07) is 8.03. The number of benzene rings is 1. The van der Waals surface area contributed by atoms with Crippen LogP contribution in [0.25, 0.3) is 0 Å². The summed E-state index contributed by atoms with van der Waals surface area (Å²) in [6.07, 6.45) is 2.44. The number of rotatable bonds is 7. The molecule has 0 radical (unpaired) electrons. The highest BCUT2D eigenvalue weighted by Crippen LogP contribution is 2.13. The second-order valence-corrected chi connectivity index (χ2v) is 4.76. The molecule has 0 N–H and O–H groups in total. The third-order valence-corrected chi connectivity index (χ3v) is 2.93. The number of nitrogens with zero attached hydrogens (tertiary/aromatic N) is 1. The monoisotopic (exact) mass is 259 g/mol. The topological polar surface area (TPSA) is 3.24 Å². The molecule has 0 bridgehead atoms. The van der Waals surface area contributed by atoms with Gasteiger partial charge in [-0.3, -0.25) is 4.90 Å². The maximum Gasteiger partial charge on any atom is 0.0409 e. The van der Waals surface area contributed by atoms with E-state index in [-0.39, 0.29) is 0 Å². The molecule has 3 heteroatoms. The number of unbranched alkanes of at least 4 members (excludes halogenated alkanes) is 1. The molecular weight excluding hydrogens is 241 g/mol. The Morgan fingerprint density at radius 3 is 2.69 bits per heavy atom. The molecule has 0 saturated heterocycles. The summed E-state index contributed by atoms with van der Waals surface area (Å²) in [5, 5.41) is 0.804. The van der Waals surface area contributed by atoms with Crippen LogP contribution in [-0.4, -0.2) is 23.9 Å². The van der Waals surface area contributed by atoms with Crippen LogP contribution in [0.15, 0.2) is 24.3 Å². The second-order valence-electron chi connectivity index (χ2n) is 3.95. The molecule has 1 nitrogen and oxygen atoms in total. The van der Waals surface area contributed by atoms with Gasteiger partial charge in [-0.25, -0.2) is 0 Å². The van der Waals surface area contributed by atoms with Crippen LogP contribution >= 0.6 is 23.2 Å². The average molecular weight is 260 g/mol. The van der Waals surface area contributed by atoms with E-state index in [4.69, 9.17) is 23.2 Å². The zero-order valence-electron chi connectivity index (χ0n) is 9.76. The maximum absolute atomic E-state index is 5.97. The molecule has 90 valence electrons. The van der Waals surface area contributed by atoms with E-state index in [0.717, 1.165) is 24.7 Å². The Kier molecular flexibility index (Phi) is 6.86. The van der Waals surface area contributed by atoms with E-state index in [0.29, 0.717) is 5.88 Å². The smallest absolute Gasteiger partial charge is 0.0409 e. The van der Waals surface area contributed by atoms with Crippen molar-refractivity contribution >= 4 is 23.2 Å². The summed E-state index contributed by atoms with van der Waals surface area (Å²) in [6.45, 7) is 5.19. The predicted molar refractivity (Wildman–Crippen MR) is 72.4 cm³/mol. The maximum atomic E-state index is 5.97. The fraction of sp³-hybridized carbons (Fsp3) is 0.538. The lowest BCUT2D eigenvalue weighted by Gasteiger charge is -2.21. The van der Waals surface area contributed by atoms with Crippen LogP contribution in [0.3, 0.4) is 0 Å². The quantitative estimate of drug-likeness (QED) is 0.665. The Hall–Kier alpha value is -0.240. The van der Waals surface area contributed by atoms with Crippen molar-refractivity contribution in [2.45, 2.75) is 26.3 Å². The van der Waals surface area contributed by atoms with Gasteiger partial charge in [-0.05, 0) is 30.7 Å². The fourth-order valence-corrected chi connectivity index (χ4v) is 2.12. The summed E-state index contributed by atoms with van der Waals surface area (Å²) in [4.78, 5) is 2.38. The highest BCUT2D eigenvalue weighted by Gasteiger charge is 2.04. The van der Waals surface area contributed by atoms with E-state index in [1.54, 1.807) is 0 Å².